The van der Waals surface area contributed by atoms with E-state index in [1.807, 2.05) is 6.07 Å². The summed E-state index contributed by atoms with van der Waals surface area (Å²) in [5, 5.41) is 3.23. The largest absolute Gasteiger partial charge is 0.398 e. The Balaban J connectivity index is 2.17. The summed E-state index contributed by atoms with van der Waals surface area (Å²) in [7, 11) is -3.44. The SMILES string of the molecule is C/C=C(/C=O)c1cc(C2CC2)c(N(C2CCNC2)S(C)(=O)=O)cc1N. The molecule has 0 radical (unpaired) electrons. The van der Waals surface area contributed by atoms with Crippen LogP contribution < -0.4 is 15.4 Å². The minimum absolute atomic E-state index is 0.106. The monoisotopic (exact) mass is 363 g/mol. The minimum Gasteiger partial charge on any atom is -0.398 e. The Morgan fingerprint density at radius 3 is 2.52 bits per heavy atom. The van der Waals surface area contributed by atoms with E-state index in [-0.39, 0.29) is 6.04 Å². The third-order valence-corrected chi connectivity index (χ3v) is 6.14. The third-order valence-electron chi connectivity index (χ3n) is 4.93. The highest BCUT2D eigenvalue weighted by atomic mass is 32.2. The molecular weight excluding hydrogens is 338 g/mol. The molecule has 0 aromatic heterocycles. The van der Waals surface area contributed by atoms with Gasteiger partial charge in [0.2, 0.25) is 10.0 Å². The lowest BCUT2D eigenvalue weighted by atomic mass is 9.97. The molecule has 3 N–H and O–H groups in total. The Labute approximate surface area is 149 Å². The average molecular weight is 363 g/mol. The summed E-state index contributed by atoms with van der Waals surface area (Å²) in [5.41, 5.74) is 9.49. The molecule has 1 aliphatic carbocycles. The average Bonchev–Trinajstić information content (AvgIpc) is 3.25. The lowest BCUT2D eigenvalue weighted by Gasteiger charge is -2.31. The van der Waals surface area contributed by atoms with Crippen LogP contribution in [0.5, 0.6) is 0 Å². The van der Waals surface area contributed by atoms with Crippen LogP contribution >= 0.6 is 0 Å². The Kier molecular flexibility index (Phi) is 4.88. The highest BCUT2D eigenvalue weighted by molar-refractivity contribution is 7.92. The van der Waals surface area contributed by atoms with Crippen molar-refractivity contribution in [3.8, 4) is 0 Å². The Hall–Kier alpha value is -1.86. The predicted octanol–water partition coefficient (Wildman–Crippen LogP) is 1.88. The van der Waals surface area contributed by atoms with Gasteiger partial charge in [0.15, 0.2) is 0 Å². The summed E-state index contributed by atoms with van der Waals surface area (Å²) < 4.78 is 26.6. The van der Waals surface area contributed by atoms with Gasteiger partial charge in [0.1, 0.15) is 6.29 Å². The van der Waals surface area contributed by atoms with Crippen LogP contribution in [0, 0.1) is 0 Å². The number of nitrogens with two attached hydrogens (primary N) is 1. The van der Waals surface area contributed by atoms with E-state index in [1.165, 1.54) is 10.6 Å². The van der Waals surface area contributed by atoms with Gasteiger partial charge in [-0.15, -0.1) is 0 Å². The van der Waals surface area contributed by atoms with E-state index < -0.39 is 10.0 Å². The first kappa shape index (κ1) is 17.9. The van der Waals surface area contributed by atoms with Crippen molar-refractivity contribution in [2.45, 2.75) is 38.1 Å². The summed E-state index contributed by atoms with van der Waals surface area (Å²) in [5.74, 6) is 0.331. The van der Waals surface area contributed by atoms with Crippen LogP contribution in [0.3, 0.4) is 0 Å². The van der Waals surface area contributed by atoms with Crippen molar-refractivity contribution in [2.75, 3.05) is 29.4 Å². The highest BCUT2D eigenvalue weighted by Crippen LogP contribution is 2.47. The van der Waals surface area contributed by atoms with E-state index >= 15 is 0 Å². The number of allylic oxidation sites excluding steroid dienone is 2. The molecule has 1 unspecified atom stereocenters. The van der Waals surface area contributed by atoms with Crippen LogP contribution in [0.2, 0.25) is 0 Å². The van der Waals surface area contributed by atoms with Crippen LogP contribution in [-0.4, -0.2) is 40.1 Å². The van der Waals surface area contributed by atoms with Crippen molar-refractivity contribution in [3.63, 3.8) is 0 Å². The second-order valence-electron chi connectivity index (χ2n) is 6.84. The van der Waals surface area contributed by atoms with Gasteiger partial charge in [-0.3, -0.25) is 9.10 Å². The summed E-state index contributed by atoms with van der Waals surface area (Å²) in [4.78, 5) is 11.3. The number of sulfonamides is 1. The molecule has 2 fully saturated rings. The molecule has 7 heteroatoms. The highest BCUT2D eigenvalue weighted by Gasteiger charge is 2.35. The van der Waals surface area contributed by atoms with Gasteiger partial charge in [-0.05, 0) is 56.3 Å². The van der Waals surface area contributed by atoms with E-state index in [2.05, 4.69) is 5.32 Å². The molecule has 1 atom stereocenters. The van der Waals surface area contributed by atoms with Gasteiger partial charge in [0.25, 0.3) is 0 Å². The summed E-state index contributed by atoms with van der Waals surface area (Å²) in [6.07, 6.45) is 6.59. The topological polar surface area (TPSA) is 92.5 Å². The summed E-state index contributed by atoms with van der Waals surface area (Å²) >= 11 is 0. The second kappa shape index (κ2) is 6.80. The fraction of sp³-hybridized carbons (Fsp3) is 0.500. The summed E-state index contributed by atoms with van der Waals surface area (Å²) in [6.45, 7) is 3.23. The maximum absolute atomic E-state index is 12.5. The van der Waals surface area contributed by atoms with E-state index in [9.17, 15) is 13.2 Å². The molecule has 1 aliphatic heterocycles. The van der Waals surface area contributed by atoms with Crippen LogP contribution in [-0.2, 0) is 14.8 Å². The normalized spacial score (nSPS) is 21.4. The number of hydrogen-bond donors (Lipinski definition) is 2. The zero-order valence-corrected chi connectivity index (χ0v) is 15.5. The lowest BCUT2D eigenvalue weighted by Crippen LogP contribution is -2.41. The Morgan fingerprint density at radius 2 is 2.04 bits per heavy atom. The number of carbonyl (C=O) groups is 1. The van der Waals surface area contributed by atoms with E-state index in [0.29, 0.717) is 35.0 Å². The third kappa shape index (κ3) is 3.57. The van der Waals surface area contributed by atoms with Gasteiger partial charge in [-0.25, -0.2) is 8.42 Å². The first-order chi connectivity index (χ1) is 11.9. The standard InChI is InChI=1S/C18H25N3O3S/c1-3-12(11-22)15-8-16(13-4-5-13)18(9-17(15)19)21(25(2,23)24)14-6-7-20-10-14/h3,8-9,11,13-14,20H,4-7,10,19H2,1-2H3/b12-3-. The fourth-order valence-corrected chi connectivity index (χ4v) is 4.79. The molecule has 2 aliphatic rings. The molecule has 1 saturated heterocycles. The molecule has 1 aromatic carbocycles. The number of anilines is 2. The van der Waals surface area contributed by atoms with E-state index in [4.69, 9.17) is 5.73 Å². The Morgan fingerprint density at radius 1 is 1.32 bits per heavy atom. The second-order valence-corrected chi connectivity index (χ2v) is 8.70. The molecule has 0 amide bonds. The molecule has 3 rings (SSSR count). The van der Waals surface area contributed by atoms with Gasteiger partial charge < -0.3 is 11.1 Å². The zero-order valence-electron chi connectivity index (χ0n) is 14.7. The molecule has 1 aromatic rings. The van der Waals surface area contributed by atoms with Gasteiger partial charge in [-0.1, -0.05) is 6.08 Å². The van der Waals surface area contributed by atoms with Gasteiger partial charge in [0, 0.05) is 23.4 Å². The number of carbonyl (C=O) groups excluding carboxylic acids is 1. The van der Waals surface area contributed by atoms with Crippen molar-refractivity contribution in [1.29, 1.82) is 0 Å². The van der Waals surface area contributed by atoms with E-state index in [0.717, 1.165) is 37.7 Å². The molecule has 0 spiro atoms. The predicted molar refractivity (Wildman–Crippen MR) is 101 cm³/mol. The smallest absolute Gasteiger partial charge is 0.232 e. The number of benzene rings is 1. The molecular formula is C18H25N3O3S. The molecule has 6 nitrogen and oxygen atoms in total. The number of nitrogens with zero attached hydrogens (tertiary/aromatic N) is 1. The molecule has 0 bridgehead atoms. The van der Waals surface area contributed by atoms with Crippen molar-refractivity contribution in [2.24, 2.45) is 0 Å². The number of rotatable bonds is 6. The molecule has 1 saturated carbocycles. The van der Waals surface area contributed by atoms with Crippen molar-refractivity contribution in [3.05, 3.63) is 29.3 Å². The lowest BCUT2D eigenvalue weighted by molar-refractivity contribution is -0.103. The van der Waals surface area contributed by atoms with Crippen molar-refractivity contribution >= 4 is 33.3 Å². The number of nitrogen functional groups attached to an aromatic ring is 1. The molecule has 25 heavy (non-hydrogen) atoms. The minimum atomic E-state index is -3.44. The number of aldehydes is 1. The van der Waals surface area contributed by atoms with E-state index in [1.54, 1.807) is 19.1 Å². The van der Waals surface area contributed by atoms with Gasteiger partial charge >= 0.3 is 0 Å². The molecule has 1 heterocycles. The Bertz CT molecular complexity index is 807. The van der Waals surface area contributed by atoms with Crippen LogP contribution in [0.25, 0.3) is 5.57 Å². The van der Waals surface area contributed by atoms with Gasteiger partial charge in [-0.2, -0.15) is 0 Å². The van der Waals surface area contributed by atoms with Crippen LogP contribution in [0.4, 0.5) is 11.4 Å². The fourth-order valence-electron chi connectivity index (χ4n) is 3.56. The quantitative estimate of drug-likeness (QED) is 0.457. The number of nitrogens with one attached hydrogen (secondary N) is 1. The first-order valence-electron chi connectivity index (χ1n) is 8.62. The first-order valence-corrected chi connectivity index (χ1v) is 10.5. The zero-order chi connectivity index (χ0) is 18.2. The molecule has 136 valence electrons. The van der Waals surface area contributed by atoms with Gasteiger partial charge in [0.05, 0.1) is 18.0 Å². The van der Waals surface area contributed by atoms with Crippen LogP contribution in [0.15, 0.2) is 18.2 Å². The maximum Gasteiger partial charge on any atom is 0.232 e. The number of hydrogen-bond acceptors (Lipinski definition) is 5. The summed E-state index contributed by atoms with van der Waals surface area (Å²) in [6, 6.07) is 3.53. The maximum atomic E-state index is 12.5. The van der Waals surface area contributed by atoms with Crippen molar-refractivity contribution < 1.29 is 13.2 Å². The van der Waals surface area contributed by atoms with Crippen molar-refractivity contribution in [1.82, 2.24) is 5.32 Å². The van der Waals surface area contributed by atoms with Crippen LogP contribution in [0.1, 0.15) is 43.2 Å².